The van der Waals surface area contributed by atoms with E-state index in [1.165, 1.54) is 31.0 Å². The number of carbonyl (C=O) groups excluding carboxylic acids is 2. The molecule has 1 aliphatic rings. The van der Waals surface area contributed by atoms with Crippen LogP contribution in [-0.2, 0) is 23.1 Å². The highest BCUT2D eigenvalue weighted by atomic mass is 32.2. The third-order valence-corrected chi connectivity index (χ3v) is 6.11. The molecule has 1 aromatic carbocycles. The Labute approximate surface area is 169 Å². The third kappa shape index (κ3) is 5.58. The van der Waals surface area contributed by atoms with Crippen molar-refractivity contribution in [1.29, 1.82) is 0 Å². The lowest BCUT2D eigenvalue weighted by molar-refractivity contribution is -0.120. The number of nitrogens with one attached hydrogen (secondary N) is 2. The average Bonchev–Trinajstić information content (AvgIpc) is 3.02. The molecule has 1 aliphatic carbocycles. The lowest BCUT2D eigenvalue weighted by atomic mass is 9.86. The van der Waals surface area contributed by atoms with E-state index in [2.05, 4.69) is 27.8 Å². The fourth-order valence-corrected chi connectivity index (χ4v) is 4.15. The summed E-state index contributed by atoms with van der Waals surface area (Å²) in [4.78, 5) is 24.5. The molecule has 0 radical (unpaired) electrons. The Bertz CT molecular complexity index is 808. The predicted octanol–water partition coefficient (Wildman–Crippen LogP) is 2.78. The van der Waals surface area contributed by atoms with Crippen LogP contribution in [0.15, 0.2) is 35.5 Å². The largest absolute Gasteiger partial charge is 0.352 e. The SMILES string of the molecule is C[C@H]1CCCC[C@@H]1NC(=O)CSc1nnc(CC(=O)Nc2ccccc2)n1C. The van der Waals surface area contributed by atoms with Crippen molar-refractivity contribution in [2.45, 2.75) is 50.2 Å². The number of amides is 2. The molecule has 1 heterocycles. The number of carbonyl (C=O) groups is 2. The Morgan fingerprint density at radius 3 is 2.64 bits per heavy atom. The highest BCUT2D eigenvalue weighted by Gasteiger charge is 2.23. The maximum absolute atomic E-state index is 12.3. The number of anilines is 1. The zero-order chi connectivity index (χ0) is 19.9. The van der Waals surface area contributed by atoms with Crippen LogP contribution < -0.4 is 10.6 Å². The van der Waals surface area contributed by atoms with Gasteiger partial charge in [-0.1, -0.05) is 49.7 Å². The smallest absolute Gasteiger partial charge is 0.232 e. The fourth-order valence-electron chi connectivity index (χ4n) is 3.40. The van der Waals surface area contributed by atoms with Gasteiger partial charge in [-0.05, 0) is 30.9 Å². The lowest BCUT2D eigenvalue weighted by Gasteiger charge is -2.29. The first kappa shape index (κ1) is 20.4. The molecule has 0 spiro atoms. The standard InChI is InChI=1S/C20H27N5O2S/c1-14-8-6-7-11-16(14)22-19(27)13-28-20-24-23-17(25(20)2)12-18(26)21-15-9-4-3-5-10-15/h3-5,9-10,14,16H,6-8,11-13H2,1-2H3,(H,21,26)(H,22,27)/t14-,16-/m0/s1. The molecule has 28 heavy (non-hydrogen) atoms. The number of rotatable bonds is 7. The molecule has 1 saturated carbocycles. The van der Waals surface area contributed by atoms with E-state index in [-0.39, 0.29) is 24.3 Å². The summed E-state index contributed by atoms with van der Waals surface area (Å²) >= 11 is 1.34. The van der Waals surface area contributed by atoms with Gasteiger partial charge in [0.1, 0.15) is 5.82 Å². The highest BCUT2D eigenvalue weighted by molar-refractivity contribution is 7.99. The molecule has 2 amide bonds. The Morgan fingerprint density at radius 1 is 1.14 bits per heavy atom. The third-order valence-electron chi connectivity index (χ3n) is 5.09. The minimum absolute atomic E-state index is 0.0233. The van der Waals surface area contributed by atoms with Crippen LogP contribution in [0.5, 0.6) is 0 Å². The number of hydrogen-bond donors (Lipinski definition) is 2. The summed E-state index contributed by atoms with van der Waals surface area (Å²) in [6, 6.07) is 9.58. The number of aromatic nitrogens is 3. The molecule has 8 heteroatoms. The number of benzene rings is 1. The van der Waals surface area contributed by atoms with Gasteiger partial charge in [0.25, 0.3) is 0 Å². The second-order valence-electron chi connectivity index (χ2n) is 7.27. The lowest BCUT2D eigenvalue weighted by Crippen LogP contribution is -2.41. The first-order valence-corrected chi connectivity index (χ1v) is 10.7. The molecule has 150 valence electrons. The maximum Gasteiger partial charge on any atom is 0.232 e. The Morgan fingerprint density at radius 2 is 1.89 bits per heavy atom. The summed E-state index contributed by atoms with van der Waals surface area (Å²) < 4.78 is 1.77. The first-order valence-electron chi connectivity index (χ1n) is 9.68. The van der Waals surface area contributed by atoms with Crippen molar-refractivity contribution >= 4 is 29.3 Å². The zero-order valence-electron chi connectivity index (χ0n) is 16.4. The molecule has 3 rings (SSSR count). The van der Waals surface area contributed by atoms with E-state index in [9.17, 15) is 9.59 Å². The van der Waals surface area contributed by atoms with Crippen molar-refractivity contribution in [2.24, 2.45) is 13.0 Å². The predicted molar refractivity (Wildman–Crippen MR) is 110 cm³/mol. The van der Waals surface area contributed by atoms with Crippen LogP contribution >= 0.6 is 11.8 Å². The van der Waals surface area contributed by atoms with Gasteiger partial charge in [-0.25, -0.2) is 0 Å². The van der Waals surface area contributed by atoms with E-state index in [1.54, 1.807) is 4.57 Å². The molecule has 2 N–H and O–H groups in total. The normalized spacial score (nSPS) is 19.2. The molecule has 1 fully saturated rings. The Kier molecular flexibility index (Phi) is 7.08. The van der Waals surface area contributed by atoms with Crippen LogP contribution in [0.2, 0.25) is 0 Å². The van der Waals surface area contributed by atoms with Crippen molar-refractivity contribution < 1.29 is 9.59 Å². The number of thioether (sulfide) groups is 1. The van der Waals surface area contributed by atoms with E-state index in [0.717, 1.165) is 12.1 Å². The summed E-state index contributed by atoms with van der Waals surface area (Å²) in [7, 11) is 1.81. The molecule has 7 nitrogen and oxygen atoms in total. The van der Waals surface area contributed by atoms with Gasteiger partial charge < -0.3 is 15.2 Å². The minimum Gasteiger partial charge on any atom is -0.352 e. The summed E-state index contributed by atoms with van der Waals surface area (Å²) in [5, 5.41) is 14.8. The van der Waals surface area contributed by atoms with Gasteiger partial charge in [0.15, 0.2) is 5.16 Å². The summed E-state index contributed by atoms with van der Waals surface area (Å²) in [6.07, 6.45) is 4.80. The highest BCUT2D eigenvalue weighted by Crippen LogP contribution is 2.24. The van der Waals surface area contributed by atoms with Crippen LogP contribution in [-0.4, -0.2) is 38.4 Å². The van der Waals surface area contributed by atoms with Gasteiger partial charge in [0.05, 0.1) is 12.2 Å². The molecule has 2 atom stereocenters. The number of hydrogen-bond acceptors (Lipinski definition) is 5. The average molecular weight is 402 g/mol. The second kappa shape index (κ2) is 9.73. The summed E-state index contributed by atoms with van der Waals surface area (Å²) in [5.74, 6) is 1.27. The molecule has 2 aromatic rings. The molecule has 0 bridgehead atoms. The minimum atomic E-state index is -0.151. The second-order valence-corrected chi connectivity index (χ2v) is 8.22. The molecular weight excluding hydrogens is 374 g/mol. The van der Waals surface area contributed by atoms with Crippen LogP contribution in [0.25, 0.3) is 0 Å². The van der Waals surface area contributed by atoms with Gasteiger partial charge >= 0.3 is 0 Å². The van der Waals surface area contributed by atoms with Gasteiger partial charge in [-0.15, -0.1) is 10.2 Å². The van der Waals surface area contributed by atoms with E-state index in [4.69, 9.17) is 0 Å². The van der Waals surface area contributed by atoms with Gasteiger partial charge in [-0.3, -0.25) is 9.59 Å². The van der Waals surface area contributed by atoms with Gasteiger partial charge in [-0.2, -0.15) is 0 Å². The first-order chi connectivity index (χ1) is 13.5. The maximum atomic E-state index is 12.3. The topological polar surface area (TPSA) is 88.9 Å². The zero-order valence-corrected chi connectivity index (χ0v) is 17.2. The summed E-state index contributed by atoms with van der Waals surface area (Å²) in [5.41, 5.74) is 0.748. The van der Waals surface area contributed by atoms with Crippen molar-refractivity contribution in [1.82, 2.24) is 20.1 Å². The Balaban J connectivity index is 1.48. The van der Waals surface area contributed by atoms with Crippen molar-refractivity contribution in [3.8, 4) is 0 Å². The van der Waals surface area contributed by atoms with Crippen LogP contribution in [0.3, 0.4) is 0 Å². The number of para-hydroxylation sites is 1. The molecule has 0 saturated heterocycles. The van der Waals surface area contributed by atoms with Crippen molar-refractivity contribution in [3.63, 3.8) is 0 Å². The number of nitrogens with zero attached hydrogens (tertiary/aromatic N) is 3. The van der Waals surface area contributed by atoms with Gasteiger partial charge in [0, 0.05) is 18.8 Å². The quantitative estimate of drug-likeness (QED) is 0.697. The van der Waals surface area contributed by atoms with E-state index >= 15 is 0 Å². The molecule has 0 aliphatic heterocycles. The summed E-state index contributed by atoms with van der Waals surface area (Å²) in [6.45, 7) is 2.20. The fraction of sp³-hybridized carbons (Fsp3) is 0.500. The van der Waals surface area contributed by atoms with Gasteiger partial charge in [0.2, 0.25) is 11.8 Å². The Hall–Kier alpha value is -2.35. The molecule has 0 unspecified atom stereocenters. The van der Waals surface area contributed by atoms with E-state index in [0.29, 0.717) is 22.7 Å². The van der Waals surface area contributed by atoms with Crippen LogP contribution in [0.1, 0.15) is 38.4 Å². The molecule has 1 aromatic heterocycles. The van der Waals surface area contributed by atoms with Crippen molar-refractivity contribution in [2.75, 3.05) is 11.1 Å². The van der Waals surface area contributed by atoms with E-state index < -0.39 is 0 Å². The van der Waals surface area contributed by atoms with Crippen molar-refractivity contribution in [3.05, 3.63) is 36.2 Å². The van der Waals surface area contributed by atoms with Crippen LogP contribution in [0, 0.1) is 5.92 Å². The van der Waals surface area contributed by atoms with Crippen LogP contribution in [0.4, 0.5) is 5.69 Å². The van der Waals surface area contributed by atoms with E-state index in [1.807, 2.05) is 37.4 Å². The monoisotopic (exact) mass is 401 g/mol. The molecular formula is C20H27N5O2S.